The van der Waals surface area contributed by atoms with Crippen molar-refractivity contribution in [2.45, 2.75) is 51.1 Å². The van der Waals surface area contributed by atoms with E-state index in [2.05, 4.69) is 10.6 Å². The van der Waals surface area contributed by atoms with Crippen LogP contribution in [-0.2, 0) is 4.79 Å². The van der Waals surface area contributed by atoms with Gasteiger partial charge in [-0.2, -0.15) is 0 Å². The minimum Gasteiger partial charge on any atom is -0.352 e. The molecular formula is C10H19N3O2. The molecule has 1 aliphatic rings. The molecule has 0 saturated heterocycles. The van der Waals surface area contributed by atoms with E-state index in [9.17, 15) is 9.59 Å². The Morgan fingerprint density at radius 1 is 1.27 bits per heavy atom. The van der Waals surface area contributed by atoms with Gasteiger partial charge in [0.15, 0.2) is 0 Å². The lowest BCUT2D eigenvalue weighted by atomic mass is 9.95. The lowest BCUT2D eigenvalue weighted by molar-refractivity contribution is -0.123. The maximum atomic E-state index is 11.6. The van der Waals surface area contributed by atoms with Gasteiger partial charge in [0.1, 0.15) is 6.04 Å². The van der Waals surface area contributed by atoms with E-state index in [-0.39, 0.29) is 11.9 Å². The molecule has 4 N–H and O–H groups in total. The maximum Gasteiger partial charge on any atom is 0.312 e. The van der Waals surface area contributed by atoms with E-state index in [1.165, 1.54) is 19.3 Å². The second-order valence-corrected chi connectivity index (χ2v) is 4.07. The first-order valence-electron chi connectivity index (χ1n) is 5.46. The van der Waals surface area contributed by atoms with Gasteiger partial charge in [-0.05, 0) is 19.8 Å². The fourth-order valence-electron chi connectivity index (χ4n) is 1.85. The fourth-order valence-corrected chi connectivity index (χ4v) is 1.85. The van der Waals surface area contributed by atoms with Gasteiger partial charge in [0, 0.05) is 6.04 Å². The number of rotatable bonds is 3. The van der Waals surface area contributed by atoms with E-state index < -0.39 is 12.1 Å². The average Bonchev–Trinajstić information content (AvgIpc) is 2.18. The van der Waals surface area contributed by atoms with Crippen molar-refractivity contribution in [3.63, 3.8) is 0 Å². The Labute approximate surface area is 89.8 Å². The zero-order valence-electron chi connectivity index (χ0n) is 9.08. The molecule has 86 valence electrons. The third-order valence-electron chi connectivity index (χ3n) is 2.70. The van der Waals surface area contributed by atoms with E-state index in [4.69, 9.17) is 5.73 Å². The van der Waals surface area contributed by atoms with Crippen molar-refractivity contribution in [3.8, 4) is 0 Å². The van der Waals surface area contributed by atoms with Crippen LogP contribution in [0.4, 0.5) is 4.79 Å². The molecule has 5 heteroatoms. The highest BCUT2D eigenvalue weighted by atomic mass is 16.2. The fraction of sp³-hybridized carbons (Fsp3) is 0.800. The molecule has 0 aliphatic heterocycles. The summed E-state index contributed by atoms with van der Waals surface area (Å²) < 4.78 is 0. The molecule has 0 unspecified atom stereocenters. The van der Waals surface area contributed by atoms with E-state index in [1.807, 2.05) is 0 Å². The predicted octanol–water partition coefficient (Wildman–Crippen LogP) is 0.492. The Hall–Kier alpha value is -1.26. The van der Waals surface area contributed by atoms with Gasteiger partial charge in [-0.1, -0.05) is 19.3 Å². The number of nitrogens with one attached hydrogen (secondary N) is 2. The highest BCUT2D eigenvalue weighted by Crippen LogP contribution is 2.17. The Morgan fingerprint density at radius 3 is 2.40 bits per heavy atom. The quantitative estimate of drug-likeness (QED) is 0.637. The summed E-state index contributed by atoms with van der Waals surface area (Å²) in [5.74, 6) is -0.152. The highest BCUT2D eigenvalue weighted by molar-refractivity contribution is 5.86. The smallest absolute Gasteiger partial charge is 0.312 e. The first-order valence-corrected chi connectivity index (χ1v) is 5.46. The molecule has 1 aliphatic carbocycles. The average molecular weight is 213 g/mol. The molecular weight excluding hydrogens is 194 g/mol. The lowest BCUT2D eigenvalue weighted by Crippen LogP contribution is -2.49. The highest BCUT2D eigenvalue weighted by Gasteiger charge is 2.19. The number of hydrogen-bond donors (Lipinski definition) is 3. The van der Waals surface area contributed by atoms with Crippen molar-refractivity contribution in [2.75, 3.05) is 0 Å². The monoisotopic (exact) mass is 213 g/mol. The van der Waals surface area contributed by atoms with Crippen LogP contribution < -0.4 is 16.4 Å². The summed E-state index contributed by atoms with van der Waals surface area (Å²) in [7, 11) is 0. The van der Waals surface area contributed by atoms with Gasteiger partial charge < -0.3 is 16.4 Å². The minimum absolute atomic E-state index is 0.152. The van der Waals surface area contributed by atoms with Gasteiger partial charge in [-0.25, -0.2) is 4.79 Å². The molecule has 1 atom stereocenters. The van der Waals surface area contributed by atoms with Crippen molar-refractivity contribution >= 4 is 11.9 Å². The third kappa shape index (κ3) is 4.18. The van der Waals surface area contributed by atoms with Crippen LogP contribution in [-0.4, -0.2) is 24.0 Å². The standard InChI is InChI=1S/C10H19N3O2/c1-7(12-10(11)15)9(14)13-8-5-3-2-4-6-8/h7-8H,2-6H2,1H3,(H,13,14)(H3,11,12,15)/t7-/m0/s1. The van der Waals surface area contributed by atoms with Crippen LogP contribution in [0.5, 0.6) is 0 Å². The van der Waals surface area contributed by atoms with Crippen molar-refractivity contribution in [3.05, 3.63) is 0 Å². The number of hydrogen-bond acceptors (Lipinski definition) is 2. The number of primary amides is 1. The molecule has 0 heterocycles. The molecule has 5 nitrogen and oxygen atoms in total. The molecule has 3 amide bonds. The van der Waals surface area contributed by atoms with Crippen molar-refractivity contribution in [2.24, 2.45) is 5.73 Å². The van der Waals surface area contributed by atoms with Gasteiger partial charge in [0.25, 0.3) is 0 Å². The predicted molar refractivity (Wildman–Crippen MR) is 57.2 cm³/mol. The van der Waals surface area contributed by atoms with E-state index >= 15 is 0 Å². The van der Waals surface area contributed by atoms with Gasteiger partial charge in [-0.15, -0.1) is 0 Å². The van der Waals surface area contributed by atoms with Crippen LogP contribution in [0.2, 0.25) is 0 Å². The Kier molecular flexibility index (Phi) is 4.39. The van der Waals surface area contributed by atoms with Gasteiger partial charge in [0.05, 0.1) is 0 Å². The van der Waals surface area contributed by atoms with Crippen molar-refractivity contribution in [1.82, 2.24) is 10.6 Å². The zero-order chi connectivity index (χ0) is 11.3. The SMILES string of the molecule is C[C@H](NC(N)=O)C(=O)NC1CCCCC1. The van der Waals surface area contributed by atoms with E-state index in [0.717, 1.165) is 12.8 Å². The molecule has 0 aromatic carbocycles. The largest absolute Gasteiger partial charge is 0.352 e. The molecule has 1 rings (SSSR count). The van der Waals surface area contributed by atoms with Crippen LogP contribution >= 0.6 is 0 Å². The summed E-state index contributed by atoms with van der Waals surface area (Å²) in [5.41, 5.74) is 4.93. The number of amides is 3. The van der Waals surface area contributed by atoms with E-state index in [1.54, 1.807) is 6.92 Å². The second-order valence-electron chi connectivity index (χ2n) is 4.07. The van der Waals surface area contributed by atoms with Crippen LogP contribution in [0.1, 0.15) is 39.0 Å². The van der Waals surface area contributed by atoms with Crippen LogP contribution in [0.3, 0.4) is 0 Å². The molecule has 1 saturated carbocycles. The van der Waals surface area contributed by atoms with Gasteiger partial charge >= 0.3 is 6.03 Å². The topological polar surface area (TPSA) is 84.2 Å². The van der Waals surface area contributed by atoms with Crippen LogP contribution in [0.25, 0.3) is 0 Å². The summed E-state index contributed by atoms with van der Waals surface area (Å²) in [4.78, 5) is 22.1. The molecule has 0 radical (unpaired) electrons. The number of urea groups is 1. The summed E-state index contributed by atoms with van der Waals surface area (Å²) in [6.45, 7) is 1.63. The molecule has 0 bridgehead atoms. The number of carbonyl (C=O) groups excluding carboxylic acids is 2. The second kappa shape index (κ2) is 5.58. The lowest BCUT2D eigenvalue weighted by Gasteiger charge is -2.24. The summed E-state index contributed by atoms with van der Waals surface area (Å²) in [6.07, 6.45) is 5.66. The Balaban J connectivity index is 2.30. The number of nitrogens with two attached hydrogens (primary N) is 1. The van der Waals surface area contributed by atoms with Gasteiger partial charge in [-0.3, -0.25) is 4.79 Å². The minimum atomic E-state index is -0.665. The Morgan fingerprint density at radius 2 is 1.87 bits per heavy atom. The third-order valence-corrected chi connectivity index (χ3v) is 2.70. The summed E-state index contributed by atoms with van der Waals surface area (Å²) in [5, 5.41) is 5.27. The summed E-state index contributed by atoms with van der Waals surface area (Å²) in [6, 6.07) is -0.950. The Bertz CT molecular complexity index is 237. The molecule has 15 heavy (non-hydrogen) atoms. The maximum absolute atomic E-state index is 11.6. The zero-order valence-corrected chi connectivity index (χ0v) is 9.08. The van der Waals surface area contributed by atoms with Crippen molar-refractivity contribution in [1.29, 1.82) is 0 Å². The molecule has 0 aromatic heterocycles. The first kappa shape index (κ1) is 11.8. The molecule has 1 fully saturated rings. The number of carbonyl (C=O) groups is 2. The van der Waals surface area contributed by atoms with Gasteiger partial charge in [0.2, 0.25) is 5.91 Å². The molecule has 0 spiro atoms. The van der Waals surface area contributed by atoms with Crippen molar-refractivity contribution < 1.29 is 9.59 Å². The van der Waals surface area contributed by atoms with Crippen LogP contribution in [0.15, 0.2) is 0 Å². The van der Waals surface area contributed by atoms with Crippen LogP contribution in [0, 0.1) is 0 Å². The normalized spacial score (nSPS) is 19.3. The molecule has 0 aromatic rings. The van der Waals surface area contributed by atoms with E-state index in [0.29, 0.717) is 0 Å². The first-order chi connectivity index (χ1) is 7.09. The summed E-state index contributed by atoms with van der Waals surface area (Å²) >= 11 is 0.